The Bertz CT molecular complexity index is 713. The molecule has 2 aromatic carbocycles. The number of rotatable bonds is 6. The summed E-state index contributed by atoms with van der Waals surface area (Å²) in [5.41, 5.74) is 0.958. The van der Waals surface area contributed by atoms with Crippen LogP contribution in [0.25, 0.3) is 0 Å². The highest BCUT2D eigenvalue weighted by Gasteiger charge is 2.13. The van der Waals surface area contributed by atoms with Crippen LogP contribution in [0.1, 0.15) is 22.8 Å². The van der Waals surface area contributed by atoms with Crippen LogP contribution < -0.4 is 0 Å². The van der Waals surface area contributed by atoms with Crippen molar-refractivity contribution < 1.29 is 19.4 Å². The van der Waals surface area contributed by atoms with E-state index in [1.807, 2.05) is 24.3 Å². The Labute approximate surface area is 147 Å². The van der Waals surface area contributed by atoms with Gasteiger partial charge in [-0.1, -0.05) is 27.7 Å². The van der Waals surface area contributed by atoms with E-state index < -0.39 is 11.9 Å². The summed E-state index contributed by atoms with van der Waals surface area (Å²) in [5, 5.41) is 9.10. The molecule has 2 aromatic rings. The molecule has 120 valence electrons. The van der Waals surface area contributed by atoms with E-state index in [0.717, 1.165) is 14.3 Å². The molecule has 2 rings (SSSR count). The molecular weight excluding hydrogens is 380 g/mol. The topological polar surface area (TPSA) is 63.6 Å². The van der Waals surface area contributed by atoms with Crippen LogP contribution >= 0.6 is 27.7 Å². The third-order valence-corrected chi connectivity index (χ3v) is 4.61. The minimum absolute atomic E-state index is 0.147. The fourth-order valence-electron chi connectivity index (χ4n) is 1.95. The number of hydrogen-bond donors (Lipinski definition) is 1. The van der Waals surface area contributed by atoms with Crippen LogP contribution in [0.15, 0.2) is 56.7 Å². The van der Waals surface area contributed by atoms with E-state index in [0.29, 0.717) is 11.1 Å². The molecular formula is C17H15BrO4S. The SMILES string of the molecule is CCOC(=O)c1ccc(Sc2ccc(Br)cc2)c(CC(=O)O)c1. The second-order valence-corrected chi connectivity index (χ2v) is 6.70. The molecule has 23 heavy (non-hydrogen) atoms. The van der Waals surface area contributed by atoms with Crippen molar-refractivity contribution >= 4 is 39.6 Å². The number of aliphatic carboxylic acids is 1. The highest BCUT2D eigenvalue weighted by molar-refractivity contribution is 9.10. The van der Waals surface area contributed by atoms with Crippen molar-refractivity contribution in [2.24, 2.45) is 0 Å². The molecule has 0 amide bonds. The van der Waals surface area contributed by atoms with Crippen molar-refractivity contribution in [2.75, 3.05) is 6.61 Å². The molecule has 0 aromatic heterocycles. The van der Waals surface area contributed by atoms with Gasteiger partial charge in [-0.15, -0.1) is 0 Å². The average molecular weight is 395 g/mol. The summed E-state index contributed by atoms with van der Waals surface area (Å²) < 4.78 is 5.94. The maximum absolute atomic E-state index is 11.8. The quantitative estimate of drug-likeness (QED) is 0.735. The zero-order chi connectivity index (χ0) is 16.8. The van der Waals surface area contributed by atoms with Gasteiger partial charge in [-0.05, 0) is 55.0 Å². The molecule has 0 atom stereocenters. The van der Waals surface area contributed by atoms with Gasteiger partial charge in [0.2, 0.25) is 0 Å². The molecule has 1 N–H and O–H groups in total. The molecule has 6 heteroatoms. The Morgan fingerprint density at radius 3 is 2.48 bits per heavy atom. The number of halogens is 1. The van der Waals surface area contributed by atoms with Crippen LogP contribution in [-0.4, -0.2) is 23.7 Å². The molecule has 0 saturated carbocycles. The first-order valence-corrected chi connectivity index (χ1v) is 8.55. The van der Waals surface area contributed by atoms with E-state index in [2.05, 4.69) is 15.9 Å². The summed E-state index contributed by atoms with van der Waals surface area (Å²) in [4.78, 5) is 24.7. The lowest BCUT2D eigenvalue weighted by molar-refractivity contribution is -0.136. The van der Waals surface area contributed by atoms with E-state index in [-0.39, 0.29) is 13.0 Å². The molecule has 0 unspecified atom stereocenters. The number of carboxylic acid groups (broad SMARTS) is 1. The van der Waals surface area contributed by atoms with Crippen LogP contribution in [-0.2, 0) is 16.0 Å². The highest BCUT2D eigenvalue weighted by Crippen LogP contribution is 2.32. The molecule has 0 aliphatic carbocycles. The van der Waals surface area contributed by atoms with Crippen molar-refractivity contribution in [1.82, 2.24) is 0 Å². The standard InChI is InChI=1S/C17H15BrO4S/c1-2-22-17(21)11-3-8-15(12(9-11)10-16(19)20)23-14-6-4-13(18)5-7-14/h3-9H,2,10H2,1H3,(H,19,20). The van der Waals surface area contributed by atoms with E-state index in [4.69, 9.17) is 9.84 Å². The number of carboxylic acids is 1. The van der Waals surface area contributed by atoms with Crippen molar-refractivity contribution in [1.29, 1.82) is 0 Å². The van der Waals surface area contributed by atoms with Gasteiger partial charge in [-0.3, -0.25) is 4.79 Å². The Morgan fingerprint density at radius 2 is 1.87 bits per heavy atom. The zero-order valence-corrected chi connectivity index (χ0v) is 14.8. The molecule has 0 heterocycles. The first-order valence-electron chi connectivity index (χ1n) is 6.95. The largest absolute Gasteiger partial charge is 0.481 e. The fourth-order valence-corrected chi connectivity index (χ4v) is 3.14. The smallest absolute Gasteiger partial charge is 0.338 e. The molecule has 0 saturated heterocycles. The first-order chi connectivity index (χ1) is 11.0. The minimum atomic E-state index is -0.941. The van der Waals surface area contributed by atoms with Gasteiger partial charge in [-0.2, -0.15) is 0 Å². The molecule has 0 radical (unpaired) electrons. The van der Waals surface area contributed by atoms with E-state index in [9.17, 15) is 9.59 Å². The van der Waals surface area contributed by atoms with Crippen molar-refractivity contribution in [2.45, 2.75) is 23.1 Å². The van der Waals surface area contributed by atoms with Gasteiger partial charge in [0.15, 0.2) is 0 Å². The number of carbonyl (C=O) groups is 2. The van der Waals surface area contributed by atoms with Gasteiger partial charge in [0, 0.05) is 14.3 Å². The second kappa shape index (κ2) is 8.17. The summed E-state index contributed by atoms with van der Waals surface area (Å²) >= 11 is 4.84. The lowest BCUT2D eigenvalue weighted by atomic mass is 10.1. The number of hydrogen-bond acceptors (Lipinski definition) is 4. The van der Waals surface area contributed by atoms with Gasteiger partial charge >= 0.3 is 11.9 Å². The van der Waals surface area contributed by atoms with Gasteiger partial charge in [-0.25, -0.2) is 4.79 Å². The molecule has 0 fully saturated rings. The van der Waals surface area contributed by atoms with Gasteiger partial charge in [0.05, 0.1) is 18.6 Å². The Hall–Kier alpha value is -1.79. The molecule has 0 bridgehead atoms. The monoisotopic (exact) mass is 394 g/mol. The molecule has 0 aliphatic rings. The van der Waals surface area contributed by atoms with Crippen molar-refractivity contribution in [3.63, 3.8) is 0 Å². The van der Waals surface area contributed by atoms with Crippen LogP contribution in [0.5, 0.6) is 0 Å². The maximum atomic E-state index is 11.8. The summed E-state index contributed by atoms with van der Waals surface area (Å²) in [7, 11) is 0. The predicted molar refractivity (Wildman–Crippen MR) is 92.0 cm³/mol. The third-order valence-electron chi connectivity index (χ3n) is 2.95. The van der Waals surface area contributed by atoms with Gasteiger partial charge in [0.25, 0.3) is 0 Å². The Kier molecular flexibility index (Phi) is 6.24. The summed E-state index contributed by atoms with van der Waals surface area (Å²) in [6.07, 6.45) is -0.147. The van der Waals surface area contributed by atoms with E-state index >= 15 is 0 Å². The predicted octanol–water partition coefficient (Wildman–Crippen LogP) is 4.40. The molecule has 0 aliphatic heterocycles. The number of ether oxygens (including phenoxy) is 1. The van der Waals surface area contributed by atoms with E-state index in [1.165, 1.54) is 11.8 Å². The molecule has 4 nitrogen and oxygen atoms in total. The van der Waals surface area contributed by atoms with E-state index in [1.54, 1.807) is 25.1 Å². The van der Waals surface area contributed by atoms with Crippen LogP contribution in [0, 0.1) is 0 Å². The average Bonchev–Trinajstić information content (AvgIpc) is 2.51. The lowest BCUT2D eigenvalue weighted by Crippen LogP contribution is -2.07. The normalized spacial score (nSPS) is 10.3. The van der Waals surface area contributed by atoms with Crippen LogP contribution in [0.3, 0.4) is 0 Å². The third kappa shape index (κ3) is 5.11. The lowest BCUT2D eigenvalue weighted by Gasteiger charge is -2.10. The summed E-state index contributed by atoms with van der Waals surface area (Å²) in [5.74, 6) is -1.39. The fraction of sp³-hybridized carbons (Fsp3) is 0.176. The minimum Gasteiger partial charge on any atom is -0.481 e. The van der Waals surface area contributed by atoms with Crippen molar-refractivity contribution in [3.8, 4) is 0 Å². The molecule has 0 spiro atoms. The highest BCUT2D eigenvalue weighted by atomic mass is 79.9. The van der Waals surface area contributed by atoms with Gasteiger partial charge < -0.3 is 9.84 Å². The van der Waals surface area contributed by atoms with Crippen LogP contribution in [0.2, 0.25) is 0 Å². The maximum Gasteiger partial charge on any atom is 0.338 e. The Morgan fingerprint density at radius 1 is 1.17 bits per heavy atom. The zero-order valence-electron chi connectivity index (χ0n) is 12.4. The number of benzene rings is 2. The van der Waals surface area contributed by atoms with Crippen LogP contribution in [0.4, 0.5) is 0 Å². The number of carbonyl (C=O) groups excluding carboxylic acids is 1. The Balaban J connectivity index is 2.31. The summed E-state index contributed by atoms with van der Waals surface area (Å²) in [6.45, 7) is 2.01. The second-order valence-electron chi connectivity index (χ2n) is 4.67. The van der Waals surface area contributed by atoms with Crippen molar-refractivity contribution in [3.05, 3.63) is 58.1 Å². The number of esters is 1. The first kappa shape index (κ1) is 17.6. The van der Waals surface area contributed by atoms with Gasteiger partial charge in [0.1, 0.15) is 0 Å². The summed E-state index contributed by atoms with van der Waals surface area (Å²) in [6, 6.07) is 12.7.